The van der Waals surface area contributed by atoms with E-state index in [1.54, 1.807) is 30.6 Å². The zero-order valence-corrected chi connectivity index (χ0v) is 22.3. The van der Waals surface area contributed by atoms with Crippen LogP contribution in [-0.2, 0) is 26.0 Å². The summed E-state index contributed by atoms with van der Waals surface area (Å²) in [7, 11) is -2.29. The summed E-state index contributed by atoms with van der Waals surface area (Å²) in [5, 5.41) is 4.68. The molecule has 2 aliphatic rings. The number of hydrogen-bond donors (Lipinski definition) is 1. The van der Waals surface area contributed by atoms with Crippen LogP contribution in [0.15, 0.2) is 64.9 Å². The van der Waals surface area contributed by atoms with Crippen LogP contribution in [0.25, 0.3) is 0 Å². The number of ether oxygens (including phenoxy) is 1. The van der Waals surface area contributed by atoms with Gasteiger partial charge in [-0.1, -0.05) is 12.1 Å². The Balaban J connectivity index is 1.41. The van der Waals surface area contributed by atoms with Gasteiger partial charge in [-0.2, -0.15) is 4.31 Å². The Hall–Kier alpha value is -3.21. The van der Waals surface area contributed by atoms with E-state index in [4.69, 9.17) is 4.74 Å². The zero-order valence-electron chi connectivity index (χ0n) is 20.7. The molecule has 5 rings (SSSR count). The minimum Gasteiger partial charge on any atom is -0.497 e. The molecule has 1 aliphatic carbocycles. The van der Waals surface area contributed by atoms with Crippen LogP contribution in [0.2, 0.25) is 0 Å². The fraction of sp³-hybridized carbons (Fsp3) is 0.333. The van der Waals surface area contributed by atoms with Crippen LogP contribution < -0.4 is 10.1 Å². The summed E-state index contributed by atoms with van der Waals surface area (Å²) < 4.78 is 33.8. The second kappa shape index (κ2) is 10.3. The molecule has 3 aromatic rings. The van der Waals surface area contributed by atoms with Crippen LogP contribution in [0.1, 0.15) is 41.8 Å². The highest BCUT2D eigenvalue weighted by Gasteiger charge is 2.41. The molecule has 10 heteroatoms. The number of anilines is 1. The van der Waals surface area contributed by atoms with Crippen molar-refractivity contribution in [2.45, 2.75) is 43.2 Å². The Labute approximate surface area is 220 Å². The van der Waals surface area contributed by atoms with E-state index < -0.39 is 10.0 Å². The number of amides is 2. The molecule has 37 heavy (non-hydrogen) atoms. The Bertz CT molecular complexity index is 1400. The van der Waals surface area contributed by atoms with Gasteiger partial charge in [0.1, 0.15) is 5.75 Å². The van der Waals surface area contributed by atoms with Crippen molar-refractivity contribution in [3.05, 3.63) is 76.0 Å². The molecular formula is C27H29N3O5S2. The van der Waals surface area contributed by atoms with E-state index in [1.807, 2.05) is 34.5 Å². The summed E-state index contributed by atoms with van der Waals surface area (Å²) in [4.78, 5) is 28.2. The Morgan fingerprint density at radius 3 is 2.41 bits per heavy atom. The topological polar surface area (TPSA) is 96.0 Å². The number of sulfonamides is 1. The van der Waals surface area contributed by atoms with Crippen LogP contribution in [-0.4, -0.2) is 55.7 Å². The molecule has 1 N–H and O–H groups in total. The summed E-state index contributed by atoms with van der Waals surface area (Å²) in [5.74, 6) is 0.282. The molecule has 0 bridgehead atoms. The molecule has 1 fully saturated rings. The summed E-state index contributed by atoms with van der Waals surface area (Å²) in [5.41, 5.74) is 2.56. The second-order valence-electron chi connectivity index (χ2n) is 9.30. The van der Waals surface area contributed by atoms with Gasteiger partial charge in [-0.3, -0.25) is 9.59 Å². The number of rotatable bonds is 8. The first-order valence-corrected chi connectivity index (χ1v) is 14.5. The SMILES string of the molecule is COc1ccc(C2c3ccsc3CCN2C(=O)CN(C2CC2)S(=O)(=O)c2ccc(NC(C)=O)cc2)cc1. The van der Waals surface area contributed by atoms with Crippen molar-refractivity contribution in [3.8, 4) is 5.75 Å². The summed E-state index contributed by atoms with van der Waals surface area (Å²) >= 11 is 1.69. The lowest BCUT2D eigenvalue weighted by Crippen LogP contribution is -2.47. The monoisotopic (exact) mass is 539 g/mol. The molecular weight excluding hydrogens is 510 g/mol. The Morgan fingerprint density at radius 2 is 1.78 bits per heavy atom. The van der Waals surface area contributed by atoms with E-state index in [2.05, 4.69) is 11.4 Å². The summed E-state index contributed by atoms with van der Waals surface area (Å²) in [6, 6.07) is 15.3. The number of carbonyl (C=O) groups is 2. The van der Waals surface area contributed by atoms with Crippen molar-refractivity contribution in [1.82, 2.24) is 9.21 Å². The highest BCUT2D eigenvalue weighted by Crippen LogP contribution is 2.39. The lowest BCUT2D eigenvalue weighted by Gasteiger charge is -2.37. The first-order valence-electron chi connectivity index (χ1n) is 12.2. The molecule has 0 spiro atoms. The average Bonchev–Trinajstić information content (AvgIpc) is 3.61. The van der Waals surface area contributed by atoms with Gasteiger partial charge in [0.25, 0.3) is 0 Å². The third-order valence-corrected chi connectivity index (χ3v) is 9.65. The molecule has 194 valence electrons. The number of benzene rings is 2. The number of methoxy groups -OCH3 is 1. The Morgan fingerprint density at radius 1 is 1.08 bits per heavy atom. The fourth-order valence-corrected chi connectivity index (χ4v) is 7.31. The van der Waals surface area contributed by atoms with E-state index in [0.29, 0.717) is 12.2 Å². The number of thiophene rings is 1. The van der Waals surface area contributed by atoms with E-state index in [9.17, 15) is 18.0 Å². The first-order chi connectivity index (χ1) is 17.8. The molecule has 2 amide bonds. The average molecular weight is 540 g/mol. The molecule has 0 saturated heterocycles. The van der Waals surface area contributed by atoms with E-state index in [1.165, 1.54) is 28.2 Å². The number of fused-ring (bicyclic) bond motifs is 1. The zero-order chi connectivity index (χ0) is 26.2. The molecule has 1 atom stereocenters. The van der Waals surface area contributed by atoms with Gasteiger partial charge in [-0.15, -0.1) is 11.3 Å². The van der Waals surface area contributed by atoms with Gasteiger partial charge in [0.05, 0.1) is 24.6 Å². The van der Waals surface area contributed by atoms with E-state index in [0.717, 1.165) is 36.1 Å². The van der Waals surface area contributed by atoms with Gasteiger partial charge in [-0.25, -0.2) is 8.42 Å². The maximum Gasteiger partial charge on any atom is 0.243 e. The number of hydrogen-bond acceptors (Lipinski definition) is 6. The van der Waals surface area contributed by atoms with Crippen molar-refractivity contribution in [1.29, 1.82) is 0 Å². The van der Waals surface area contributed by atoms with Gasteiger partial charge in [0.2, 0.25) is 21.8 Å². The lowest BCUT2D eigenvalue weighted by atomic mass is 9.93. The first kappa shape index (κ1) is 25.4. The fourth-order valence-electron chi connectivity index (χ4n) is 4.78. The smallest absolute Gasteiger partial charge is 0.243 e. The predicted octanol–water partition coefficient (Wildman–Crippen LogP) is 4.04. The van der Waals surface area contributed by atoms with Crippen LogP contribution in [0, 0.1) is 0 Å². The van der Waals surface area contributed by atoms with Crippen LogP contribution in [0.5, 0.6) is 5.75 Å². The van der Waals surface area contributed by atoms with Gasteiger partial charge in [0.15, 0.2) is 0 Å². The standard InChI is InChI=1S/C27H29N3O5S2/c1-18(31)28-20-5-11-23(12-6-20)37(33,34)30(21-7-8-21)17-26(32)29-15-13-25-24(14-16-36-25)27(29)19-3-9-22(35-2)10-4-19/h3-6,9-12,14,16,21,27H,7-8,13,15,17H2,1-2H3,(H,28,31). The van der Waals surface area contributed by atoms with Crippen molar-refractivity contribution in [2.24, 2.45) is 0 Å². The summed E-state index contributed by atoms with van der Waals surface area (Å²) in [6.07, 6.45) is 2.20. The second-order valence-corrected chi connectivity index (χ2v) is 12.2. The summed E-state index contributed by atoms with van der Waals surface area (Å²) in [6.45, 7) is 1.70. The van der Waals surface area contributed by atoms with Gasteiger partial charge < -0.3 is 15.0 Å². The van der Waals surface area contributed by atoms with Crippen LogP contribution in [0.4, 0.5) is 5.69 Å². The maximum atomic E-state index is 13.8. The van der Waals surface area contributed by atoms with Crippen LogP contribution >= 0.6 is 11.3 Å². The normalized spacial score (nSPS) is 17.4. The highest BCUT2D eigenvalue weighted by atomic mass is 32.2. The molecule has 1 unspecified atom stereocenters. The molecule has 0 radical (unpaired) electrons. The minimum atomic E-state index is -3.90. The predicted molar refractivity (Wildman–Crippen MR) is 142 cm³/mol. The van der Waals surface area contributed by atoms with Crippen molar-refractivity contribution >= 4 is 38.9 Å². The molecule has 1 aromatic heterocycles. The number of nitrogens with zero attached hydrogens (tertiary/aromatic N) is 2. The number of nitrogens with one attached hydrogen (secondary N) is 1. The van der Waals surface area contributed by atoms with Gasteiger partial charge in [-0.05, 0) is 78.2 Å². The van der Waals surface area contributed by atoms with E-state index in [-0.39, 0.29) is 35.3 Å². The van der Waals surface area contributed by atoms with Gasteiger partial charge >= 0.3 is 0 Å². The molecule has 2 aromatic carbocycles. The minimum absolute atomic E-state index is 0.103. The van der Waals surface area contributed by atoms with Gasteiger partial charge in [0, 0.05) is 30.1 Å². The lowest BCUT2D eigenvalue weighted by molar-refractivity contribution is -0.133. The molecule has 1 saturated carbocycles. The van der Waals surface area contributed by atoms with Crippen LogP contribution in [0.3, 0.4) is 0 Å². The molecule has 1 aliphatic heterocycles. The molecule has 2 heterocycles. The largest absolute Gasteiger partial charge is 0.497 e. The van der Waals surface area contributed by atoms with E-state index >= 15 is 0 Å². The Kier molecular flexibility index (Phi) is 7.06. The highest BCUT2D eigenvalue weighted by molar-refractivity contribution is 7.89. The quantitative estimate of drug-likeness (QED) is 0.466. The maximum absolute atomic E-state index is 13.8. The van der Waals surface area contributed by atoms with Crippen molar-refractivity contribution in [3.63, 3.8) is 0 Å². The van der Waals surface area contributed by atoms with Crippen molar-refractivity contribution < 1.29 is 22.7 Å². The van der Waals surface area contributed by atoms with Crippen molar-refractivity contribution in [2.75, 3.05) is 25.5 Å². The third-order valence-electron chi connectivity index (χ3n) is 6.74. The molecule has 8 nitrogen and oxygen atoms in total. The number of carbonyl (C=O) groups excluding carboxylic acids is 2. The third kappa shape index (κ3) is 5.27.